The number of nitrogens with zero attached hydrogens (tertiary/aromatic N) is 3. The molecule has 0 saturated carbocycles. The molecular formula is C20H21N5O4S. The Labute approximate surface area is 173 Å². The van der Waals surface area contributed by atoms with E-state index in [-0.39, 0.29) is 11.6 Å². The zero-order valence-corrected chi connectivity index (χ0v) is 16.8. The van der Waals surface area contributed by atoms with Crippen LogP contribution in [0.1, 0.15) is 23.2 Å². The molecule has 3 aromatic rings. The average Bonchev–Trinajstić information content (AvgIpc) is 2.79. The highest BCUT2D eigenvalue weighted by atomic mass is 32.2. The van der Waals surface area contributed by atoms with Crippen LogP contribution in [-0.4, -0.2) is 52.9 Å². The van der Waals surface area contributed by atoms with Crippen molar-refractivity contribution in [2.24, 2.45) is 0 Å². The lowest BCUT2D eigenvalue weighted by Crippen LogP contribution is -2.42. The number of piperidine rings is 1. The number of benzene rings is 2. The standard InChI is InChI=1S/C20H21N5O4S/c26-19(24-27)16-12-21-20(22-13-16)23-17-7-9-25(10-8-17)30(28,29)18-6-5-14-3-1-2-4-15(14)11-18/h1-6,11-13,17,27H,7-10H2,(H,24,26)(H,21,22,23). The van der Waals surface area contributed by atoms with Gasteiger partial charge in [-0.25, -0.2) is 23.9 Å². The Morgan fingerprint density at radius 1 is 1.03 bits per heavy atom. The van der Waals surface area contributed by atoms with Crippen LogP contribution in [-0.2, 0) is 10.0 Å². The quantitative estimate of drug-likeness (QED) is 0.420. The summed E-state index contributed by atoms with van der Waals surface area (Å²) in [7, 11) is -3.56. The number of hydroxylamine groups is 1. The lowest BCUT2D eigenvalue weighted by atomic mass is 10.1. The molecule has 156 valence electrons. The summed E-state index contributed by atoms with van der Waals surface area (Å²) in [6.07, 6.45) is 3.82. The van der Waals surface area contributed by atoms with Crippen molar-refractivity contribution in [3.63, 3.8) is 0 Å². The molecule has 0 aliphatic carbocycles. The minimum atomic E-state index is -3.56. The van der Waals surface area contributed by atoms with Crippen LogP contribution >= 0.6 is 0 Å². The summed E-state index contributed by atoms with van der Waals surface area (Å²) in [5, 5.41) is 13.7. The van der Waals surface area contributed by atoms with Crippen LogP contribution in [0.25, 0.3) is 10.8 Å². The molecule has 0 radical (unpaired) electrons. The molecule has 1 fully saturated rings. The predicted molar refractivity (Wildman–Crippen MR) is 111 cm³/mol. The first-order chi connectivity index (χ1) is 14.5. The van der Waals surface area contributed by atoms with Crippen LogP contribution in [0, 0.1) is 0 Å². The van der Waals surface area contributed by atoms with Crippen molar-refractivity contribution in [3.8, 4) is 0 Å². The van der Waals surface area contributed by atoms with Gasteiger partial charge < -0.3 is 5.32 Å². The number of hydrogen-bond donors (Lipinski definition) is 3. The number of carbonyl (C=O) groups excluding carboxylic acids is 1. The minimum absolute atomic E-state index is 0.0190. The molecule has 0 atom stereocenters. The SMILES string of the molecule is O=C(NO)c1cnc(NC2CCN(S(=O)(=O)c3ccc4ccccc4c3)CC2)nc1. The first kappa shape index (κ1) is 20.2. The van der Waals surface area contributed by atoms with E-state index in [1.54, 1.807) is 12.1 Å². The number of nitrogens with one attached hydrogen (secondary N) is 2. The van der Waals surface area contributed by atoms with Crippen molar-refractivity contribution < 1.29 is 18.4 Å². The van der Waals surface area contributed by atoms with Crippen LogP contribution in [0.5, 0.6) is 0 Å². The van der Waals surface area contributed by atoms with Gasteiger partial charge in [-0.3, -0.25) is 10.0 Å². The Bertz CT molecular complexity index is 1160. The van der Waals surface area contributed by atoms with Crippen molar-refractivity contribution in [2.45, 2.75) is 23.8 Å². The van der Waals surface area contributed by atoms with Gasteiger partial charge in [-0.2, -0.15) is 4.31 Å². The number of carbonyl (C=O) groups is 1. The number of amides is 1. The molecule has 3 N–H and O–H groups in total. The molecule has 2 heterocycles. The third kappa shape index (κ3) is 4.11. The van der Waals surface area contributed by atoms with E-state index in [0.29, 0.717) is 36.8 Å². The van der Waals surface area contributed by atoms with E-state index in [1.807, 2.05) is 30.3 Å². The fourth-order valence-electron chi connectivity index (χ4n) is 3.48. The zero-order chi connectivity index (χ0) is 21.1. The number of sulfonamides is 1. The molecule has 1 amide bonds. The molecule has 1 aliphatic rings. The highest BCUT2D eigenvalue weighted by Crippen LogP contribution is 2.25. The van der Waals surface area contributed by atoms with E-state index in [9.17, 15) is 13.2 Å². The Hall–Kier alpha value is -3.08. The maximum absolute atomic E-state index is 13.0. The summed E-state index contributed by atoms with van der Waals surface area (Å²) in [5.41, 5.74) is 1.66. The van der Waals surface area contributed by atoms with Crippen molar-refractivity contribution in [3.05, 3.63) is 60.4 Å². The van der Waals surface area contributed by atoms with E-state index in [0.717, 1.165) is 10.8 Å². The van der Waals surface area contributed by atoms with Gasteiger partial charge in [0.15, 0.2) is 0 Å². The second-order valence-corrected chi connectivity index (χ2v) is 9.01. The molecule has 1 aliphatic heterocycles. The summed E-state index contributed by atoms with van der Waals surface area (Å²) < 4.78 is 27.6. The highest BCUT2D eigenvalue weighted by molar-refractivity contribution is 7.89. The van der Waals surface area contributed by atoms with Crippen molar-refractivity contribution in [2.75, 3.05) is 18.4 Å². The van der Waals surface area contributed by atoms with Gasteiger partial charge in [0.2, 0.25) is 16.0 Å². The Morgan fingerprint density at radius 3 is 2.37 bits per heavy atom. The zero-order valence-electron chi connectivity index (χ0n) is 16.0. The van der Waals surface area contributed by atoms with E-state index < -0.39 is 15.9 Å². The van der Waals surface area contributed by atoms with Crippen LogP contribution in [0.3, 0.4) is 0 Å². The number of aromatic nitrogens is 2. The molecule has 2 aromatic carbocycles. The number of rotatable bonds is 5. The van der Waals surface area contributed by atoms with Crippen molar-refractivity contribution in [1.82, 2.24) is 19.8 Å². The molecule has 0 bridgehead atoms. The predicted octanol–water partition coefficient (Wildman–Crippen LogP) is 2.01. The molecule has 1 aromatic heterocycles. The summed E-state index contributed by atoms with van der Waals surface area (Å²) >= 11 is 0. The molecule has 30 heavy (non-hydrogen) atoms. The van der Waals surface area contributed by atoms with Gasteiger partial charge >= 0.3 is 0 Å². The second kappa shape index (κ2) is 8.34. The largest absolute Gasteiger partial charge is 0.351 e. The maximum Gasteiger partial charge on any atom is 0.277 e. The van der Waals surface area contributed by atoms with Crippen molar-refractivity contribution in [1.29, 1.82) is 0 Å². The lowest BCUT2D eigenvalue weighted by molar-refractivity contribution is 0.0705. The van der Waals surface area contributed by atoms with Crippen LogP contribution in [0.15, 0.2) is 59.8 Å². The molecule has 0 spiro atoms. The first-order valence-electron chi connectivity index (χ1n) is 9.49. The van der Waals surface area contributed by atoms with Gasteiger partial charge in [-0.1, -0.05) is 30.3 Å². The maximum atomic E-state index is 13.0. The third-order valence-electron chi connectivity index (χ3n) is 5.16. The van der Waals surface area contributed by atoms with E-state index >= 15 is 0 Å². The van der Waals surface area contributed by atoms with Crippen LogP contribution < -0.4 is 10.8 Å². The molecule has 4 rings (SSSR count). The van der Waals surface area contributed by atoms with Crippen LogP contribution in [0.2, 0.25) is 0 Å². The van der Waals surface area contributed by atoms with E-state index in [4.69, 9.17) is 5.21 Å². The average molecular weight is 427 g/mol. The topological polar surface area (TPSA) is 125 Å². The number of fused-ring (bicyclic) bond motifs is 1. The highest BCUT2D eigenvalue weighted by Gasteiger charge is 2.29. The monoisotopic (exact) mass is 427 g/mol. The van der Waals surface area contributed by atoms with E-state index in [1.165, 1.54) is 22.2 Å². The van der Waals surface area contributed by atoms with Crippen LogP contribution in [0.4, 0.5) is 5.95 Å². The normalized spacial score (nSPS) is 15.8. The smallest absolute Gasteiger partial charge is 0.277 e. The molecule has 9 nitrogen and oxygen atoms in total. The summed E-state index contributed by atoms with van der Waals surface area (Å²) in [6, 6.07) is 12.9. The lowest BCUT2D eigenvalue weighted by Gasteiger charge is -2.31. The number of anilines is 1. The minimum Gasteiger partial charge on any atom is -0.351 e. The number of hydrogen-bond acceptors (Lipinski definition) is 7. The Kier molecular flexibility index (Phi) is 5.62. The first-order valence-corrected chi connectivity index (χ1v) is 10.9. The Morgan fingerprint density at radius 2 is 1.70 bits per heavy atom. The van der Waals surface area contributed by atoms with Gasteiger partial charge in [0.05, 0.1) is 10.5 Å². The van der Waals surface area contributed by atoms with Gasteiger partial charge in [0.25, 0.3) is 5.91 Å². The molecule has 10 heteroatoms. The van der Waals surface area contributed by atoms with Crippen molar-refractivity contribution >= 4 is 32.7 Å². The third-order valence-corrected chi connectivity index (χ3v) is 7.06. The fourth-order valence-corrected chi connectivity index (χ4v) is 4.99. The van der Waals surface area contributed by atoms with Gasteiger partial charge in [0, 0.05) is 31.5 Å². The van der Waals surface area contributed by atoms with Gasteiger partial charge in [0.1, 0.15) is 0 Å². The summed E-state index contributed by atoms with van der Waals surface area (Å²) in [4.78, 5) is 19.7. The Balaban J connectivity index is 1.40. The summed E-state index contributed by atoms with van der Waals surface area (Å²) in [6.45, 7) is 0.773. The van der Waals surface area contributed by atoms with E-state index in [2.05, 4.69) is 15.3 Å². The molecule has 1 saturated heterocycles. The summed E-state index contributed by atoms with van der Waals surface area (Å²) in [5.74, 6) is -0.339. The fraction of sp³-hybridized carbons (Fsp3) is 0.250. The second-order valence-electron chi connectivity index (χ2n) is 7.07. The molecule has 0 unspecified atom stereocenters. The van der Waals surface area contributed by atoms with Gasteiger partial charge in [-0.15, -0.1) is 0 Å². The van der Waals surface area contributed by atoms with Gasteiger partial charge in [-0.05, 0) is 35.7 Å². The molecular weight excluding hydrogens is 406 g/mol.